The van der Waals surface area contributed by atoms with Crippen molar-refractivity contribution in [1.29, 1.82) is 0 Å². The third kappa shape index (κ3) is 9.52. The summed E-state index contributed by atoms with van der Waals surface area (Å²) in [7, 11) is 0. The fraction of sp³-hybridized carbons (Fsp3) is 0.297. The maximum absolute atomic E-state index is 14.2. The lowest BCUT2D eigenvalue weighted by Gasteiger charge is -2.49. The molecule has 25 heteroatoms. The number of ether oxygens (including phenoxy) is 3. The van der Waals surface area contributed by atoms with Crippen molar-refractivity contribution in [3.8, 4) is 17.2 Å². The molecule has 0 radical (unpaired) electrons. The van der Waals surface area contributed by atoms with Gasteiger partial charge in [0.2, 0.25) is 16.5 Å². The van der Waals surface area contributed by atoms with Gasteiger partial charge in [0.25, 0.3) is 11.8 Å². The Morgan fingerprint density at radius 3 is 2.26 bits per heavy atom. The Hall–Kier alpha value is -7.28. The van der Waals surface area contributed by atoms with Crippen molar-refractivity contribution in [2.24, 2.45) is 0 Å². The second kappa shape index (κ2) is 18.5. The van der Waals surface area contributed by atoms with Gasteiger partial charge in [0.1, 0.15) is 41.0 Å². The van der Waals surface area contributed by atoms with E-state index in [-0.39, 0.29) is 62.6 Å². The standard InChI is InChI=1S/C37H34N8O15S2/c1-4-43-11-22(31(52)21-9-24(59-16(2)46)25(10-23(21)43)60-17(3)47)32(53)38-28(18-5-7-20(8-6-18)58-13-27(50)51)33(54)39-29-34(55)45-30(36(56)57)19(14-61-35(29)45)15-62-37-40-41-42-44(37)12-26(48)49/h5-11,28-29,35H,4,12-15H2,1-3H3,(H,38,53)(H,39,54)(H,48,49)(H,50,51)(H,56,57)/t28?,29-,35+/m1/s1. The van der Waals surface area contributed by atoms with Gasteiger partial charge in [0, 0.05) is 44.2 Å². The Balaban J connectivity index is 1.29. The first-order chi connectivity index (χ1) is 29.5. The number of carboxylic acids is 3. The number of aromatic nitrogens is 5. The zero-order valence-electron chi connectivity index (χ0n) is 32.5. The number of nitrogens with zero attached hydrogens (tertiary/aromatic N) is 6. The van der Waals surface area contributed by atoms with E-state index in [1.54, 1.807) is 6.92 Å². The molecule has 1 fully saturated rings. The van der Waals surface area contributed by atoms with Gasteiger partial charge in [-0.25, -0.2) is 14.3 Å². The molecule has 4 heterocycles. The normalized spacial score (nSPS) is 16.1. The molecule has 0 aliphatic carbocycles. The number of carbonyl (C=O) groups is 8. The van der Waals surface area contributed by atoms with Crippen LogP contribution in [0.25, 0.3) is 10.9 Å². The Morgan fingerprint density at radius 2 is 1.65 bits per heavy atom. The number of hydrogen-bond acceptors (Lipinski definition) is 17. The van der Waals surface area contributed by atoms with E-state index < -0.39 is 89.2 Å². The Bertz CT molecular complexity index is 2630. The van der Waals surface area contributed by atoms with E-state index in [4.69, 9.17) is 24.4 Å². The average Bonchev–Trinajstić information content (AvgIpc) is 3.65. The molecule has 62 heavy (non-hydrogen) atoms. The van der Waals surface area contributed by atoms with Gasteiger partial charge in [-0.15, -0.1) is 16.9 Å². The summed E-state index contributed by atoms with van der Waals surface area (Å²) in [6.45, 7) is 2.88. The van der Waals surface area contributed by atoms with Crippen LogP contribution in [0.1, 0.15) is 42.7 Å². The molecule has 2 aliphatic rings. The number of carbonyl (C=O) groups excluding carboxylic acids is 5. The average molecular weight is 895 g/mol. The SMILES string of the molecule is CCn1cc(C(=O)NC(C(=O)N[C@@H]2C(=O)N3C(C(=O)O)=C(CSc4nnnn4CC(=O)O)CS[C@@H]23)c2ccc(OCC(=O)O)cc2)c(=O)c2cc(OC(C)=O)c(OC(C)=O)cc21. The van der Waals surface area contributed by atoms with Crippen LogP contribution in [0.5, 0.6) is 17.2 Å². The number of pyridine rings is 1. The molecule has 4 aromatic rings. The van der Waals surface area contributed by atoms with Gasteiger partial charge < -0.3 is 44.7 Å². The number of benzene rings is 2. The number of thioether (sulfide) groups is 2. The topological polar surface area (TPSA) is 318 Å². The minimum atomic E-state index is -1.61. The van der Waals surface area contributed by atoms with Gasteiger partial charge in [0.15, 0.2) is 18.1 Å². The van der Waals surface area contributed by atoms with Crippen LogP contribution in [0.3, 0.4) is 0 Å². The molecule has 0 bridgehead atoms. The van der Waals surface area contributed by atoms with Gasteiger partial charge in [0.05, 0.1) is 10.9 Å². The first kappa shape index (κ1) is 44.3. The highest BCUT2D eigenvalue weighted by Gasteiger charge is 2.54. The highest BCUT2D eigenvalue weighted by atomic mass is 32.2. The quantitative estimate of drug-likeness (QED) is 0.0415. The molecule has 23 nitrogen and oxygen atoms in total. The Kier molecular flexibility index (Phi) is 13.2. The predicted molar refractivity (Wildman–Crippen MR) is 212 cm³/mol. The molecule has 2 aromatic heterocycles. The molecule has 1 unspecified atom stereocenters. The monoisotopic (exact) mass is 894 g/mol. The van der Waals surface area contributed by atoms with E-state index in [9.17, 15) is 48.3 Å². The van der Waals surface area contributed by atoms with Crippen LogP contribution in [-0.4, -0.2) is 122 Å². The lowest BCUT2D eigenvalue weighted by molar-refractivity contribution is -0.151. The summed E-state index contributed by atoms with van der Waals surface area (Å²) in [5.74, 6) is -8.47. The number of amides is 3. The second-order valence-corrected chi connectivity index (χ2v) is 15.3. The van der Waals surface area contributed by atoms with E-state index in [0.29, 0.717) is 5.57 Å². The van der Waals surface area contributed by atoms with Crippen LogP contribution >= 0.6 is 23.5 Å². The van der Waals surface area contributed by atoms with Crippen molar-refractivity contribution in [2.75, 3.05) is 18.1 Å². The van der Waals surface area contributed by atoms with Crippen LogP contribution in [0.2, 0.25) is 0 Å². The Labute approximate surface area is 356 Å². The predicted octanol–water partition coefficient (Wildman–Crippen LogP) is 0.409. The molecule has 0 saturated carbocycles. The van der Waals surface area contributed by atoms with Crippen molar-refractivity contribution in [2.45, 2.75) is 56.5 Å². The number of esters is 2. The minimum Gasteiger partial charge on any atom is -0.482 e. The molecule has 0 spiro atoms. The number of hydrogen-bond donors (Lipinski definition) is 5. The molecular formula is C37H34N8O15S2. The van der Waals surface area contributed by atoms with E-state index in [1.165, 1.54) is 41.1 Å². The van der Waals surface area contributed by atoms with Crippen LogP contribution in [0.4, 0.5) is 0 Å². The van der Waals surface area contributed by atoms with Gasteiger partial charge in [-0.3, -0.25) is 38.5 Å². The molecule has 324 valence electrons. The first-order valence-corrected chi connectivity index (χ1v) is 20.1. The third-order valence-electron chi connectivity index (χ3n) is 9.06. The number of nitrogens with one attached hydrogen (secondary N) is 2. The lowest BCUT2D eigenvalue weighted by Crippen LogP contribution is -2.71. The highest BCUT2D eigenvalue weighted by Crippen LogP contribution is 2.42. The van der Waals surface area contributed by atoms with Crippen LogP contribution in [-0.2, 0) is 46.7 Å². The molecule has 2 aliphatic heterocycles. The van der Waals surface area contributed by atoms with E-state index in [2.05, 4.69) is 26.2 Å². The van der Waals surface area contributed by atoms with Crippen molar-refractivity contribution in [1.82, 2.24) is 40.3 Å². The molecule has 2 aromatic carbocycles. The number of carboxylic acid groups (broad SMARTS) is 3. The molecular weight excluding hydrogens is 861 g/mol. The summed E-state index contributed by atoms with van der Waals surface area (Å²) in [5, 5.41) is 43.4. The second-order valence-electron chi connectivity index (χ2n) is 13.3. The fourth-order valence-electron chi connectivity index (χ4n) is 6.41. The highest BCUT2D eigenvalue weighted by molar-refractivity contribution is 8.01. The van der Waals surface area contributed by atoms with Gasteiger partial charge in [-0.2, -0.15) is 0 Å². The molecule has 3 amide bonds. The maximum Gasteiger partial charge on any atom is 0.352 e. The zero-order chi connectivity index (χ0) is 45.0. The van der Waals surface area contributed by atoms with Gasteiger partial charge >= 0.3 is 29.8 Å². The van der Waals surface area contributed by atoms with Crippen LogP contribution in [0, 0.1) is 0 Å². The first-order valence-electron chi connectivity index (χ1n) is 18.1. The maximum atomic E-state index is 14.2. The number of tetrazole rings is 1. The molecule has 3 atom stereocenters. The van der Waals surface area contributed by atoms with E-state index >= 15 is 0 Å². The van der Waals surface area contributed by atoms with Crippen molar-refractivity contribution in [3.63, 3.8) is 0 Å². The number of rotatable bonds is 17. The summed E-state index contributed by atoms with van der Waals surface area (Å²) >= 11 is 2.11. The summed E-state index contributed by atoms with van der Waals surface area (Å²) in [5.41, 5.74) is -1.03. The third-order valence-corrected chi connectivity index (χ3v) is 11.4. The molecule has 1 saturated heterocycles. The van der Waals surface area contributed by atoms with E-state index in [1.807, 2.05) is 0 Å². The smallest absolute Gasteiger partial charge is 0.352 e. The van der Waals surface area contributed by atoms with Crippen LogP contribution in [0.15, 0.2) is 63.8 Å². The zero-order valence-corrected chi connectivity index (χ0v) is 34.2. The summed E-state index contributed by atoms with van der Waals surface area (Å²) in [4.78, 5) is 115. The molecule has 6 rings (SSSR count). The molecule has 5 N–H and O–H groups in total. The van der Waals surface area contributed by atoms with Gasteiger partial charge in [-0.1, -0.05) is 23.9 Å². The van der Waals surface area contributed by atoms with E-state index in [0.717, 1.165) is 53.0 Å². The summed E-state index contributed by atoms with van der Waals surface area (Å²) < 4.78 is 18.1. The van der Waals surface area contributed by atoms with Crippen molar-refractivity contribution in [3.05, 3.63) is 75.2 Å². The largest absolute Gasteiger partial charge is 0.482 e. The summed E-state index contributed by atoms with van der Waals surface area (Å²) in [6, 6.07) is 4.91. The number of aryl methyl sites for hydroxylation is 1. The van der Waals surface area contributed by atoms with Crippen molar-refractivity contribution < 1.29 is 67.9 Å². The number of β-lactam (4-membered cyclic amide) rings is 1. The lowest BCUT2D eigenvalue weighted by atomic mass is 10.0. The minimum absolute atomic E-state index is 0.0185. The Morgan fingerprint density at radius 1 is 0.968 bits per heavy atom. The van der Waals surface area contributed by atoms with Crippen LogP contribution < -0.4 is 30.3 Å². The summed E-state index contributed by atoms with van der Waals surface area (Å²) in [6.07, 6.45) is 1.22. The van der Waals surface area contributed by atoms with Gasteiger partial charge in [-0.05, 0) is 46.7 Å². The number of aliphatic carboxylic acids is 3. The fourth-order valence-corrected chi connectivity index (χ4v) is 8.77. The number of fused-ring (bicyclic) bond motifs is 2. The van der Waals surface area contributed by atoms with Crippen molar-refractivity contribution >= 4 is 82.0 Å².